The molecule has 12 heteroatoms. The summed E-state index contributed by atoms with van der Waals surface area (Å²) in [6.45, 7) is 8.74. The number of aromatic nitrogens is 1. The van der Waals surface area contributed by atoms with Gasteiger partial charge in [-0.25, -0.2) is 8.78 Å². The number of hydrogen-bond donors (Lipinski definition) is 4. The Labute approximate surface area is 276 Å². The Hall–Kier alpha value is -4.14. The fourth-order valence-corrected chi connectivity index (χ4v) is 6.25. The Kier molecular flexibility index (Phi) is 8.95. The molecule has 1 aromatic heterocycles. The number of benzene rings is 3. The average molecular weight is 664 g/mol. The first-order valence-corrected chi connectivity index (χ1v) is 15.8. The molecule has 1 fully saturated rings. The highest BCUT2D eigenvalue weighted by molar-refractivity contribution is 6.31. The van der Waals surface area contributed by atoms with Gasteiger partial charge in [0.1, 0.15) is 17.4 Å². The maximum absolute atomic E-state index is 15.7. The molecule has 4 N–H and O–H groups in total. The van der Waals surface area contributed by atoms with E-state index in [0.29, 0.717) is 33.5 Å². The highest BCUT2D eigenvalue weighted by atomic mass is 35.5. The van der Waals surface area contributed by atoms with Crippen molar-refractivity contribution in [2.75, 3.05) is 23.7 Å². The molecule has 0 saturated carbocycles. The minimum absolute atomic E-state index is 0.0796. The topological polar surface area (TPSA) is 91.3 Å². The second-order valence-corrected chi connectivity index (χ2v) is 13.4. The van der Waals surface area contributed by atoms with E-state index in [1.54, 1.807) is 6.07 Å². The third-order valence-corrected chi connectivity index (χ3v) is 9.02. The van der Waals surface area contributed by atoms with Gasteiger partial charge in [0, 0.05) is 58.9 Å². The Morgan fingerprint density at radius 1 is 1.00 bits per heavy atom. The fourth-order valence-electron chi connectivity index (χ4n) is 5.94. The molecule has 8 nitrogen and oxygen atoms in total. The predicted molar refractivity (Wildman–Crippen MR) is 179 cm³/mol. The standard InChI is InChI=1S/C34H34Cl2F2N8/c1-34(2,3)45-12-10-25(11-13-45)46-19-30(43-44-46)32(20-4-6-22(35)7-5-20)42-24-14-26-31(41-23-8-9-28(37)27(36)15-23)21(17-39)18-40-33(26)29(38)16-24/h4-9,14-16,18-19,25,32,42-44H,10-13H2,1-3H3,(H,40,41)/t32-/m0/s1. The van der Waals surface area contributed by atoms with Crippen LogP contribution in [0.15, 0.2) is 72.7 Å². The summed E-state index contributed by atoms with van der Waals surface area (Å²) in [5, 5.41) is 19.5. The maximum Gasteiger partial charge on any atom is 0.151 e. The first-order chi connectivity index (χ1) is 22.0. The second-order valence-electron chi connectivity index (χ2n) is 12.5. The molecular formula is C34H34Cl2F2N8. The number of nitrogens with one attached hydrogen (secondary N) is 4. The van der Waals surface area contributed by atoms with E-state index in [-0.39, 0.29) is 21.6 Å². The molecule has 238 valence electrons. The molecule has 2 aliphatic rings. The van der Waals surface area contributed by atoms with Crippen molar-refractivity contribution in [3.63, 3.8) is 0 Å². The normalized spacial score (nSPS) is 16.6. The highest BCUT2D eigenvalue weighted by Crippen LogP contribution is 2.36. The number of rotatable bonds is 7. The van der Waals surface area contributed by atoms with Gasteiger partial charge in [-0.05, 0) is 81.6 Å². The molecule has 0 unspecified atom stereocenters. The van der Waals surface area contributed by atoms with Crippen molar-refractivity contribution in [2.45, 2.75) is 51.2 Å². The van der Waals surface area contributed by atoms with Crippen LogP contribution >= 0.6 is 23.2 Å². The minimum Gasteiger partial charge on any atom is -0.373 e. The van der Waals surface area contributed by atoms with Crippen LogP contribution in [-0.4, -0.2) is 39.6 Å². The summed E-state index contributed by atoms with van der Waals surface area (Å²) >= 11 is 12.2. The van der Waals surface area contributed by atoms with Crippen LogP contribution in [0.1, 0.15) is 50.8 Å². The number of nitriles is 1. The Bertz CT molecular complexity index is 1830. The van der Waals surface area contributed by atoms with E-state index in [1.807, 2.05) is 24.3 Å². The molecule has 3 aromatic carbocycles. The molecule has 4 aromatic rings. The van der Waals surface area contributed by atoms with E-state index in [4.69, 9.17) is 23.2 Å². The van der Waals surface area contributed by atoms with Crippen molar-refractivity contribution in [3.05, 3.63) is 105 Å². The number of likely N-dealkylation sites (tertiary alicyclic amines) is 1. The number of nitrogens with zero attached hydrogens (tertiary/aromatic N) is 4. The van der Waals surface area contributed by atoms with E-state index in [9.17, 15) is 9.65 Å². The largest absolute Gasteiger partial charge is 0.373 e. The molecule has 0 amide bonds. The number of pyridine rings is 1. The summed E-state index contributed by atoms with van der Waals surface area (Å²) in [5.74, 6) is -1.14. The molecule has 1 saturated heterocycles. The smallest absolute Gasteiger partial charge is 0.151 e. The van der Waals surface area contributed by atoms with Crippen molar-refractivity contribution in [1.29, 1.82) is 5.26 Å². The van der Waals surface area contributed by atoms with E-state index in [0.717, 1.165) is 37.2 Å². The van der Waals surface area contributed by atoms with Crippen LogP contribution in [0.2, 0.25) is 10.0 Å². The summed E-state index contributed by atoms with van der Waals surface area (Å²) in [4.78, 5) is 6.73. The number of fused-ring (bicyclic) bond motifs is 1. The number of hydrazine groups is 2. The first kappa shape index (κ1) is 31.8. The molecule has 1 atom stereocenters. The van der Waals surface area contributed by atoms with Gasteiger partial charge in [-0.15, -0.1) is 5.53 Å². The predicted octanol–water partition coefficient (Wildman–Crippen LogP) is 8.02. The van der Waals surface area contributed by atoms with Gasteiger partial charge in [0.05, 0.1) is 28.0 Å². The van der Waals surface area contributed by atoms with Gasteiger partial charge in [0.15, 0.2) is 5.82 Å². The van der Waals surface area contributed by atoms with Gasteiger partial charge in [0.25, 0.3) is 0 Å². The Morgan fingerprint density at radius 3 is 2.41 bits per heavy atom. The summed E-state index contributed by atoms with van der Waals surface area (Å²) in [5.41, 5.74) is 10.0. The highest BCUT2D eigenvalue weighted by Gasteiger charge is 2.32. The second kappa shape index (κ2) is 12.9. The molecule has 0 radical (unpaired) electrons. The quantitative estimate of drug-likeness (QED) is 0.158. The van der Waals surface area contributed by atoms with Crippen molar-refractivity contribution in [2.24, 2.45) is 0 Å². The third-order valence-electron chi connectivity index (χ3n) is 8.47. The molecule has 2 aliphatic heterocycles. The summed E-state index contributed by atoms with van der Waals surface area (Å²) in [6, 6.07) is 16.7. The van der Waals surface area contributed by atoms with Crippen LogP contribution in [0.3, 0.4) is 0 Å². The molecule has 3 heterocycles. The van der Waals surface area contributed by atoms with Crippen molar-refractivity contribution < 1.29 is 8.78 Å². The SMILES string of the molecule is CC(C)(C)N1CCC(N2C=C([C@@H](Nc3cc(F)c4ncc(C#N)c(Nc5ccc(F)c(Cl)c5)c4c3)c3ccc(Cl)cc3)NN2)CC1. The lowest BCUT2D eigenvalue weighted by atomic mass is 9.98. The number of anilines is 3. The summed E-state index contributed by atoms with van der Waals surface area (Å²) < 4.78 is 29.5. The van der Waals surface area contributed by atoms with E-state index in [1.165, 1.54) is 30.5 Å². The fraction of sp³-hybridized carbons (Fsp3) is 0.294. The monoisotopic (exact) mass is 662 g/mol. The Morgan fingerprint density at radius 2 is 1.74 bits per heavy atom. The van der Waals surface area contributed by atoms with E-state index >= 15 is 4.39 Å². The van der Waals surface area contributed by atoms with Gasteiger partial charge in [-0.1, -0.05) is 35.3 Å². The summed E-state index contributed by atoms with van der Waals surface area (Å²) in [7, 11) is 0. The van der Waals surface area contributed by atoms with E-state index in [2.05, 4.69) is 69.5 Å². The lowest BCUT2D eigenvalue weighted by Gasteiger charge is -2.42. The van der Waals surface area contributed by atoms with Crippen molar-refractivity contribution >= 4 is 51.2 Å². The molecule has 0 bridgehead atoms. The summed E-state index contributed by atoms with van der Waals surface area (Å²) in [6.07, 6.45) is 5.38. The van der Waals surface area contributed by atoms with Crippen LogP contribution in [0.4, 0.5) is 25.8 Å². The Balaban J connectivity index is 1.34. The van der Waals surface area contributed by atoms with Gasteiger partial charge < -0.3 is 16.1 Å². The van der Waals surface area contributed by atoms with Crippen LogP contribution in [0.5, 0.6) is 0 Å². The number of hydrogen-bond acceptors (Lipinski definition) is 8. The zero-order valence-corrected chi connectivity index (χ0v) is 27.1. The lowest BCUT2D eigenvalue weighted by Crippen LogP contribution is -2.52. The number of piperidine rings is 1. The van der Waals surface area contributed by atoms with E-state index < -0.39 is 17.7 Å². The first-order valence-electron chi connectivity index (χ1n) is 15.0. The zero-order chi connectivity index (χ0) is 32.6. The zero-order valence-electron chi connectivity index (χ0n) is 25.6. The molecule has 46 heavy (non-hydrogen) atoms. The number of halogens is 4. The van der Waals surface area contributed by atoms with Crippen molar-refractivity contribution in [1.82, 2.24) is 25.9 Å². The van der Waals surface area contributed by atoms with Gasteiger partial charge in [-0.3, -0.25) is 14.9 Å². The molecule has 6 rings (SSSR count). The average Bonchev–Trinajstić information content (AvgIpc) is 3.52. The maximum atomic E-state index is 15.7. The molecule has 0 aliphatic carbocycles. The van der Waals surface area contributed by atoms with Crippen LogP contribution in [0, 0.1) is 23.0 Å². The minimum atomic E-state index is -0.573. The van der Waals surface area contributed by atoms with Gasteiger partial charge in [-0.2, -0.15) is 5.26 Å². The van der Waals surface area contributed by atoms with Gasteiger partial charge in [0.2, 0.25) is 0 Å². The van der Waals surface area contributed by atoms with Crippen LogP contribution in [0.25, 0.3) is 10.9 Å². The molecule has 0 spiro atoms. The van der Waals surface area contributed by atoms with Crippen molar-refractivity contribution in [3.8, 4) is 6.07 Å². The lowest BCUT2D eigenvalue weighted by molar-refractivity contribution is 0.0570. The van der Waals surface area contributed by atoms with Crippen LogP contribution in [-0.2, 0) is 0 Å². The van der Waals surface area contributed by atoms with Crippen LogP contribution < -0.4 is 21.6 Å². The van der Waals surface area contributed by atoms with Gasteiger partial charge >= 0.3 is 0 Å². The molecular weight excluding hydrogens is 629 g/mol. The third kappa shape index (κ3) is 6.69.